The van der Waals surface area contributed by atoms with Gasteiger partial charge in [0.1, 0.15) is 12.4 Å². The fraction of sp³-hybridized carbons (Fsp3) is 0.444. The molecule has 0 spiro atoms. The standard InChI is InChI=1S/C9H13N5O4/c10-2-1-8(15)12-7(9(16)17)3-6-4-11-5-14(6)13-18/h4-5,7H,1-3,10H2,(H,12,15)(H,16,17)/t7-/m0/s1. The molecule has 98 valence electrons. The molecule has 1 heterocycles. The van der Waals surface area contributed by atoms with Gasteiger partial charge in [-0.2, -0.15) is 4.68 Å². The lowest BCUT2D eigenvalue weighted by atomic mass is 10.1. The van der Waals surface area contributed by atoms with Crippen LogP contribution >= 0.6 is 0 Å². The first-order valence-electron chi connectivity index (χ1n) is 5.15. The third-order valence-electron chi connectivity index (χ3n) is 2.20. The van der Waals surface area contributed by atoms with E-state index in [4.69, 9.17) is 10.8 Å². The molecule has 1 atom stereocenters. The number of hydrogen-bond donors (Lipinski definition) is 3. The molecule has 0 saturated heterocycles. The molecule has 0 aliphatic rings. The zero-order chi connectivity index (χ0) is 13.5. The first-order chi connectivity index (χ1) is 8.58. The largest absolute Gasteiger partial charge is 0.480 e. The highest BCUT2D eigenvalue weighted by Crippen LogP contribution is 2.04. The smallest absolute Gasteiger partial charge is 0.326 e. The van der Waals surface area contributed by atoms with Gasteiger partial charge in [-0.15, -0.1) is 4.91 Å². The van der Waals surface area contributed by atoms with E-state index in [1.807, 2.05) is 0 Å². The fourth-order valence-electron chi connectivity index (χ4n) is 1.34. The average Bonchev–Trinajstić information content (AvgIpc) is 2.75. The summed E-state index contributed by atoms with van der Waals surface area (Å²) in [6.07, 6.45) is 2.42. The van der Waals surface area contributed by atoms with Crippen LogP contribution in [0.25, 0.3) is 0 Å². The van der Waals surface area contributed by atoms with E-state index < -0.39 is 17.9 Å². The van der Waals surface area contributed by atoms with Gasteiger partial charge in [-0.05, 0) is 0 Å². The van der Waals surface area contributed by atoms with Crippen LogP contribution in [-0.4, -0.2) is 39.2 Å². The Morgan fingerprint density at radius 1 is 1.61 bits per heavy atom. The second-order valence-corrected chi connectivity index (χ2v) is 3.51. The lowest BCUT2D eigenvalue weighted by molar-refractivity contribution is -0.141. The Kier molecular flexibility index (Phi) is 4.93. The SMILES string of the molecule is NCCC(=O)N[C@@H](Cc1cncn1N=O)C(=O)O. The van der Waals surface area contributed by atoms with E-state index in [0.717, 1.165) is 11.0 Å². The predicted molar refractivity (Wildman–Crippen MR) is 60.4 cm³/mol. The van der Waals surface area contributed by atoms with Crippen molar-refractivity contribution in [2.45, 2.75) is 18.9 Å². The minimum Gasteiger partial charge on any atom is -0.480 e. The molecular weight excluding hydrogens is 242 g/mol. The molecule has 0 aliphatic carbocycles. The van der Waals surface area contributed by atoms with E-state index in [9.17, 15) is 14.5 Å². The number of hydrogen-bond acceptors (Lipinski definition) is 6. The van der Waals surface area contributed by atoms with Crippen LogP contribution < -0.4 is 11.1 Å². The average molecular weight is 255 g/mol. The molecule has 0 aliphatic heterocycles. The Bertz CT molecular complexity index is 444. The second kappa shape index (κ2) is 6.45. The van der Waals surface area contributed by atoms with E-state index in [-0.39, 0.29) is 19.4 Å². The zero-order valence-corrected chi connectivity index (χ0v) is 9.44. The summed E-state index contributed by atoms with van der Waals surface area (Å²) in [6, 6.07) is -1.15. The highest BCUT2D eigenvalue weighted by molar-refractivity contribution is 5.83. The van der Waals surface area contributed by atoms with Crippen molar-refractivity contribution in [3.63, 3.8) is 0 Å². The van der Waals surface area contributed by atoms with Gasteiger partial charge in [0.15, 0.2) is 0 Å². The Morgan fingerprint density at radius 2 is 2.33 bits per heavy atom. The lowest BCUT2D eigenvalue weighted by Gasteiger charge is -2.13. The molecule has 18 heavy (non-hydrogen) atoms. The zero-order valence-electron chi connectivity index (χ0n) is 9.44. The third kappa shape index (κ3) is 3.63. The summed E-state index contributed by atoms with van der Waals surface area (Å²) >= 11 is 0. The number of nitrogens with zero attached hydrogens (tertiary/aromatic N) is 3. The first-order valence-corrected chi connectivity index (χ1v) is 5.15. The first kappa shape index (κ1) is 13.8. The predicted octanol–water partition coefficient (Wildman–Crippen LogP) is -1.13. The normalized spacial score (nSPS) is 11.8. The van der Waals surface area contributed by atoms with Crippen LogP contribution in [0.4, 0.5) is 0 Å². The number of amides is 1. The highest BCUT2D eigenvalue weighted by atomic mass is 16.4. The number of imidazole rings is 1. The Labute approximate surface area is 102 Å². The van der Waals surface area contributed by atoms with Gasteiger partial charge in [0.2, 0.25) is 5.91 Å². The van der Waals surface area contributed by atoms with Crippen LogP contribution in [0.1, 0.15) is 12.1 Å². The summed E-state index contributed by atoms with van der Waals surface area (Å²) in [6.45, 7) is 0.131. The summed E-state index contributed by atoms with van der Waals surface area (Å²) in [4.78, 5) is 36.3. The number of aromatic nitrogens is 2. The molecule has 9 nitrogen and oxygen atoms in total. The van der Waals surface area contributed by atoms with E-state index in [2.05, 4.69) is 15.6 Å². The number of carboxylic acid groups (broad SMARTS) is 1. The molecule has 0 radical (unpaired) electrons. The number of nitrogens with two attached hydrogens (primary N) is 1. The summed E-state index contributed by atoms with van der Waals surface area (Å²) < 4.78 is 0.908. The minimum atomic E-state index is -1.21. The quantitative estimate of drug-likeness (QED) is 0.527. The highest BCUT2D eigenvalue weighted by Gasteiger charge is 2.22. The van der Waals surface area contributed by atoms with Gasteiger partial charge >= 0.3 is 5.97 Å². The number of carbonyl (C=O) groups excluding carboxylic acids is 1. The maximum Gasteiger partial charge on any atom is 0.326 e. The topological polar surface area (TPSA) is 140 Å². The van der Waals surface area contributed by atoms with Crippen LogP contribution in [0.15, 0.2) is 17.8 Å². The maximum absolute atomic E-state index is 11.3. The van der Waals surface area contributed by atoms with Gasteiger partial charge in [-0.25, -0.2) is 9.78 Å². The second-order valence-electron chi connectivity index (χ2n) is 3.51. The molecule has 9 heteroatoms. The number of carbonyl (C=O) groups is 2. The van der Waals surface area contributed by atoms with E-state index >= 15 is 0 Å². The lowest BCUT2D eigenvalue weighted by Crippen LogP contribution is -2.43. The van der Waals surface area contributed by atoms with Crippen LogP contribution in [0.3, 0.4) is 0 Å². The van der Waals surface area contributed by atoms with Gasteiger partial charge in [-0.1, -0.05) is 0 Å². The summed E-state index contributed by atoms with van der Waals surface area (Å²) in [5.74, 6) is -1.67. The molecule has 1 rings (SSSR count). The van der Waals surface area contributed by atoms with Gasteiger partial charge in [0.25, 0.3) is 0 Å². The van der Waals surface area contributed by atoms with Crippen molar-refractivity contribution in [1.29, 1.82) is 0 Å². The Morgan fingerprint density at radius 3 is 2.89 bits per heavy atom. The van der Waals surface area contributed by atoms with Crippen molar-refractivity contribution < 1.29 is 14.7 Å². The molecule has 1 amide bonds. The molecule has 4 N–H and O–H groups in total. The summed E-state index contributed by atoms with van der Waals surface area (Å²) in [5, 5.41) is 13.9. The molecule has 1 aromatic rings. The molecule has 0 unspecified atom stereocenters. The molecule has 0 bridgehead atoms. The molecule has 1 aromatic heterocycles. The van der Waals surface area contributed by atoms with Crippen molar-refractivity contribution in [3.05, 3.63) is 23.1 Å². The van der Waals surface area contributed by atoms with Crippen molar-refractivity contribution in [3.8, 4) is 0 Å². The Balaban J connectivity index is 2.72. The van der Waals surface area contributed by atoms with Crippen LogP contribution in [0.2, 0.25) is 0 Å². The number of aliphatic carboxylic acids is 1. The van der Waals surface area contributed by atoms with E-state index in [0.29, 0.717) is 5.69 Å². The molecule has 0 aromatic carbocycles. The third-order valence-corrected chi connectivity index (χ3v) is 2.20. The minimum absolute atomic E-state index is 0.0367. The number of rotatable bonds is 7. The fourth-order valence-corrected chi connectivity index (χ4v) is 1.34. The van der Waals surface area contributed by atoms with Crippen LogP contribution in [-0.2, 0) is 16.0 Å². The monoisotopic (exact) mass is 255 g/mol. The maximum atomic E-state index is 11.3. The van der Waals surface area contributed by atoms with Crippen LogP contribution in [0, 0.1) is 4.91 Å². The number of carboxylic acids is 1. The molecule has 0 saturated carbocycles. The van der Waals surface area contributed by atoms with Gasteiger partial charge in [-0.3, -0.25) is 4.79 Å². The number of nitroso groups, excluding NO2 is 1. The summed E-state index contributed by atoms with van der Waals surface area (Å²) in [5.41, 5.74) is 5.48. The van der Waals surface area contributed by atoms with Crippen LogP contribution in [0.5, 0.6) is 0 Å². The molecular formula is C9H13N5O4. The van der Waals surface area contributed by atoms with Crippen molar-refractivity contribution in [1.82, 2.24) is 15.0 Å². The van der Waals surface area contributed by atoms with Gasteiger partial charge in [0, 0.05) is 19.4 Å². The van der Waals surface area contributed by atoms with E-state index in [1.165, 1.54) is 6.20 Å². The van der Waals surface area contributed by atoms with E-state index in [1.54, 1.807) is 0 Å². The van der Waals surface area contributed by atoms with Gasteiger partial charge < -0.3 is 16.2 Å². The van der Waals surface area contributed by atoms with Crippen molar-refractivity contribution in [2.24, 2.45) is 11.0 Å². The summed E-state index contributed by atoms with van der Waals surface area (Å²) in [7, 11) is 0. The molecule has 0 fully saturated rings. The van der Waals surface area contributed by atoms with Crippen molar-refractivity contribution in [2.75, 3.05) is 6.54 Å². The number of nitrogens with one attached hydrogen (secondary N) is 1. The van der Waals surface area contributed by atoms with Gasteiger partial charge in [0.05, 0.1) is 17.2 Å². The Hall–Kier alpha value is -2.29. The van der Waals surface area contributed by atoms with Crippen molar-refractivity contribution >= 4 is 11.9 Å².